The van der Waals surface area contributed by atoms with Gasteiger partial charge in [0.05, 0.1) is 17.8 Å². The Morgan fingerprint density at radius 2 is 2.00 bits per heavy atom. The smallest absolute Gasteiger partial charge is 0.320 e. The summed E-state index contributed by atoms with van der Waals surface area (Å²) < 4.78 is 10.9. The molecular weight excluding hydrogens is 500 g/mol. The first-order valence-electron chi connectivity index (χ1n) is 11.4. The van der Waals surface area contributed by atoms with E-state index < -0.39 is 18.7 Å². The highest BCUT2D eigenvalue weighted by Gasteiger charge is 2.39. The first kappa shape index (κ1) is 26.1. The molecule has 1 fully saturated rings. The van der Waals surface area contributed by atoms with Crippen LogP contribution in [0.25, 0.3) is 20.9 Å². The number of aromatic nitrogens is 1. The van der Waals surface area contributed by atoms with Crippen LogP contribution in [0.15, 0.2) is 45.7 Å². The third kappa shape index (κ3) is 5.25. The van der Waals surface area contributed by atoms with Crippen molar-refractivity contribution in [3.05, 3.63) is 61.7 Å². The number of nitrogens with zero attached hydrogens (tertiary/aromatic N) is 10. The van der Waals surface area contributed by atoms with Gasteiger partial charge in [-0.3, -0.25) is 14.6 Å². The molecule has 196 valence electrons. The number of nitroso groups, excluding NO2 is 1. The molecule has 0 spiro atoms. The molecule has 17 heteroatoms. The van der Waals surface area contributed by atoms with Gasteiger partial charge in [0.1, 0.15) is 17.5 Å². The summed E-state index contributed by atoms with van der Waals surface area (Å²) in [5, 5.41) is 13.3. The molecule has 38 heavy (non-hydrogen) atoms. The number of hydrogen-bond donors (Lipinski definition) is 2. The number of benzene rings is 1. The molecule has 0 aliphatic carbocycles. The molecule has 2 aromatic rings. The maximum atomic E-state index is 12.9. The van der Waals surface area contributed by atoms with Gasteiger partial charge in [0.25, 0.3) is 0 Å². The number of carbonyl (C=O) groups is 2. The third-order valence-electron chi connectivity index (χ3n) is 6.05. The molecule has 2 amide bonds. The van der Waals surface area contributed by atoms with E-state index in [1.54, 1.807) is 12.1 Å². The Labute approximate surface area is 214 Å². The fourth-order valence-electron chi connectivity index (χ4n) is 4.36. The number of hydrazine groups is 1. The number of rotatable bonds is 9. The van der Waals surface area contributed by atoms with Gasteiger partial charge in [-0.25, -0.2) is 10.8 Å². The number of amides is 2. The molecule has 4 rings (SSSR count). The monoisotopic (exact) mass is 522 g/mol. The summed E-state index contributed by atoms with van der Waals surface area (Å²) in [6, 6.07) is 6.53. The second kappa shape index (κ2) is 11.9. The van der Waals surface area contributed by atoms with Crippen LogP contribution in [0.3, 0.4) is 0 Å². The van der Waals surface area contributed by atoms with Gasteiger partial charge in [0.15, 0.2) is 18.3 Å². The number of nitrogens with two attached hydrogens (primary N) is 1. The van der Waals surface area contributed by atoms with E-state index >= 15 is 0 Å². The standard InChI is InChI=1S/C21H22N12O5/c22-30-25-10-16-21(35)27-14-4-5-17(28-19(14)32(16)12-6-8-37-9-7-12)33(24)15-3-1-2-13(20(34)29-36)18(15)38-11-26-31-23/h1-5,12,16H,6-11,24H2,(H,27,35)/t16-/m1/s1. The van der Waals surface area contributed by atoms with Crippen molar-refractivity contribution in [1.29, 1.82) is 0 Å². The molecule has 3 heterocycles. The molecule has 2 aliphatic heterocycles. The average Bonchev–Trinajstić information content (AvgIpc) is 2.95. The van der Waals surface area contributed by atoms with Crippen molar-refractivity contribution in [2.24, 2.45) is 21.2 Å². The summed E-state index contributed by atoms with van der Waals surface area (Å²) in [6.45, 7) is 0.388. The quantitative estimate of drug-likeness (QED) is 0.122. The minimum atomic E-state index is -1.11. The number of carbonyl (C=O) groups excluding carboxylic acids is 2. The number of fused-ring (bicyclic) bond motifs is 1. The van der Waals surface area contributed by atoms with Crippen LogP contribution in [0.1, 0.15) is 23.2 Å². The summed E-state index contributed by atoms with van der Waals surface area (Å²) in [6.07, 6.45) is 1.25. The molecule has 17 nitrogen and oxygen atoms in total. The van der Waals surface area contributed by atoms with Crippen LogP contribution in [-0.4, -0.2) is 55.4 Å². The number of nitrogens with one attached hydrogen (secondary N) is 1. The van der Waals surface area contributed by atoms with Gasteiger partial charge in [-0.05, 0) is 48.2 Å². The summed E-state index contributed by atoms with van der Waals surface area (Å²) in [5.41, 5.74) is 17.8. The van der Waals surface area contributed by atoms with E-state index in [0.717, 1.165) is 5.01 Å². The zero-order valence-corrected chi connectivity index (χ0v) is 19.9. The lowest BCUT2D eigenvalue weighted by Crippen LogP contribution is -2.56. The lowest BCUT2D eigenvalue weighted by molar-refractivity contribution is -0.117. The minimum Gasteiger partial charge on any atom is -0.484 e. The number of pyridine rings is 1. The maximum absolute atomic E-state index is 12.9. The van der Waals surface area contributed by atoms with Crippen molar-refractivity contribution in [2.75, 3.05) is 41.7 Å². The van der Waals surface area contributed by atoms with Gasteiger partial charge in [-0.2, -0.15) is 0 Å². The predicted octanol–water partition coefficient (Wildman–Crippen LogP) is 3.26. The third-order valence-corrected chi connectivity index (χ3v) is 6.05. The van der Waals surface area contributed by atoms with Gasteiger partial charge >= 0.3 is 5.91 Å². The van der Waals surface area contributed by atoms with Crippen LogP contribution < -0.4 is 25.8 Å². The zero-order valence-electron chi connectivity index (χ0n) is 19.9. The largest absolute Gasteiger partial charge is 0.484 e. The van der Waals surface area contributed by atoms with Crippen LogP contribution in [0.2, 0.25) is 0 Å². The highest BCUT2D eigenvalue weighted by atomic mass is 16.5. The van der Waals surface area contributed by atoms with Gasteiger partial charge in [-0.1, -0.05) is 16.3 Å². The number of ether oxygens (including phenoxy) is 2. The summed E-state index contributed by atoms with van der Waals surface area (Å²) >= 11 is 0. The fourth-order valence-corrected chi connectivity index (χ4v) is 4.36. The van der Waals surface area contributed by atoms with E-state index in [4.69, 9.17) is 31.4 Å². The van der Waals surface area contributed by atoms with Crippen LogP contribution in [-0.2, 0) is 9.53 Å². The van der Waals surface area contributed by atoms with Gasteiger partial charge in [-0.15, -0.1) is 4.91 Å². The summed E-state index contributed by atoms with van der Waals surface area (Å²) in [5.74, 6) is 5.42. The number of para-hydroxylation sites is 1. The first-order valence-corrected chi connectivity index (χ1v) is 11.4. The van der Waals surface area contributed by atoms with E-state index in [2.05, 4.69) is 30.5 Å². The molecule has 0 bridgehead atoms. The molecule has 3 N–H and O–H groups in total. The van der Waals surface area contributed by atoms with E-state index in [1.807, 2.05) is 4.90 Å². The van der Waals surface area contributed by atoms with E-state index in [-0.39, 0.29) is 41.3 Å². The van der Waals surface area contributed by atoms with Crippen molar-refractivity contribution in [2.45, 2.75) is 24.9 Å². The molecule has 2 aliphatic rings. The zero-order chi connectivity index (χ0) is 27.1. The molecule has 1 aromatic carbocycles. The van der Waals surface area contributed by atoms with Gasteiger partial charge < -0.3 is 19.7 Å². The van der Waals surface area contributed by atoms with Crippen LogP contribution in [0.5, 0.6) is 5.75 Å². The van der Waals surface area contributed by atoms with Crippen molar-refractivity contribution in [3.63, 3.8) is 0 Å². The maximum Gasteiger partial charge on any atom is 0.320 e. The first-order chi connectivity index (χ1) is 18.5. The molecule has 0 radical (unpaired) electrons. The molecule has 0 saturated carbocycles. The topological polar surface area (TPSA) is 237 Å². The Balaban J connectivity index is 1.78. The Morgan fingerprint density at radius 1 is 1.24 bits per heavy atom. The normalized spacial score (nSPS) is 16.8. The Kier molecular flexibility index (Phi) is 8.15. The van der Waals surface area contributed by atoms with E-state index in [9.17, 15) is 14.5 Å². The van der Waals surface area contributed by atoms with Crippen molar-refractivity contribution in [3.8, 4) is 5.75 Å². The SMILES string of the molecule is [N-]=[N+]=NCOc1c(C(=O)N=O)cccc1N(N)c1ccc2c(n1)N(C1CCOCC1)[C@H](CN=[N+]=[N-])C(=O)N2. The molecule has 0 unspecified atom stereocenters. The van der Waals surface area contributed by atoms with Gasteiger partial charge in [0, 0.05) is 34.3 Å². The highest BCUT2D eigenvalue weighted by Crippen LogP contribution is 2.39. The Morgan fingerprint density at radius 3 is 2.71 bits per heavy atom. The molecular formula is C21H22N12O5. The fraction of sp³-hybridized carbons (Fsp3) is 0.381. The average molecular weight is 522 g/mol. The number of hydrogen-bond acceptors (Lipinski definition) is 11. The van der Waals surface area contributed by atoms with Crippen LogP contribution in [0.4, 0.5) is 23.0 Å². The Hall–Kier alpha value is -4.95. The molecule has 1 aromatic heterocycles. The second-order valence-electron chi connectivity index (χ2n) is 8.13. The number of azide groups is 2. The second-order valence-corrected chi connectivity index (χ2v) is 8.13. The minimum absolute atomic E-state index is 0.113. The lowest BCUT2D eigenvalue weighted by atomic mass is 10.0. The number of anilines is 4. The van der Waals surface area contributed by atoms with E-state index in [1.165, 1.54) is 18.2 Å². The van der Waals surface area contributed by atoms with Crippen molar-refractivity contribution >= 4 is 34.8 Å². The summed E-state index contributed by atoms with van der Waals surface area (Å²) in [7, 11) is 0. The molecule has 1 saturated heterocycles. The lowest BCUT2D eigenvalue weighted by Gasteiger charge is -2.43. The van der Waals surface area contributed by atoms with Crippen molar-refractivity contribution < 1.29 is 19.1 Å². The van der Waals surface area contributed by atoms with Crippen LogP contribution >= 0.6 is 0 Å². The Bertz CT molecular complexity index is 1330. The summed E-state index contributed by atoms with van der Waals surface area (Å²) in [4.78, 5) is 47.9. The van der Waals surface area contributed by atoms with Gasteiger partial charge in [0.2, 0.25) is 5.91 Å². The predicted molar refractivity (Wildman–Crippen MR) is 135 cm³/mol. The van der Waals surface area contributed by atoms with E-state index in [0.29, 0.717) is 37.6 Å². The highest BCUT2D eigenvalue weighted by molar-refractivity contribution is 6.03. The molecule has 1 atom stereocenters. The van der Waals surface area contributed by atoms with Crippen molar-refractivity contribution in [1.82, 2.24) is 4.98 Å². The van der Waals surface area contributed by atoms with Crippen LogP contribution in [0, 0.1) is 4.91 Å².